The standard InChI is InChI=1S/C8H8FN/c1-3-8-7(9)4-6(2)5-10-8/h3-5H,1H2,2H3. The van der Waals surface area contributed by atoms with Crippen LogP contribution in [0.5, 0.6) is 0 Å². The normalized spacial score (nSPS) is 9.40. The molecule has 1 nitrogen and oxygen atoms in total. The number of nitrogens with zero attached hydrogens (tertiary/aromatic N) is 1. The van der Waals surface area contributed by atoms with Crippen molar-refractivity contribution >= 4 is 6.08 Å². The minimum atomic E-state index is -0.310. The summed E-state index contributed by atoms with van der Waals surface area (Å²) in [6, 6.07) is 1.43. The van der Waals surface area contributed by atoms with Gasteiger partial charge in [-0.2, -0.15) is 0 Å². The maximum Gasteiger partial charge on any atom is 0.149 e. The van der Waals surface area contributed by atoms with Crippen LogP contribution in [0, 0.1) is 12.7 Å². The van der Waals surface area contributed by atoms with Gasteiger partial charge in [-0.25, -0.2) is 4.39 Å². The van der Waals surface area contributed by atoms with E-state index in [1.54, 1.807) is 13.1 Å². The molecule has 0 bridgehead atoms. The number of hydrogen-bond donors (Lipinski definition) is 0. The van der Waals surface area contributed by atoms with Crippen LogP contribution < -0.4 is 0 Å². The van der Waals surface area contributed by atoms with Gasteiger partial charge in [0.25, 0.3) is 0 Å². The Labute approximate surface area is 59.2 Å². The van der Waals surface area contributed by atoms with Crippen LogP contribution in [-0.4, -0.2) is 4.98 Å². The summed E-state index contributed by atoms with van der Waals surface area (Å²) in [4.78, 5) is 3.80. The van der Waals surface area contributed by atoms with Crippen LogP contribution in [0.15, 0.2) is 18.8 Å². The molecular formula is C8H8FN. The molecule has 1 heterocycles. The highest BCUT2D eigenvalue weighted by molar-refractivity contribution is 5.42. The monoisotopic (exact) mass is 137 g/mol. The van der Waals surface area contributed by atoms with Gasteiger partial charge in [-0.05, 0) is 24.6 Å². The van der Waals surface area contributed by atoms with E-state index in [9.17, 15) is 4.39 Å². The Kier molecular flexibility index (Phi) is 1.81. The van der Waals surface area contributed by atoms with Crippen molar-refractivity contribution in [2.24, 2.45) is 0 Å². The van der Waals surface area contributed by atoms with Crippen molar-refractivity contribution < 1.29 is 4.39 Å². The lowest BCUT2D eigenvalue weighted by molar-refractivity contribution is 0.616. The van der Waals surface area contributed by atoms with Crippen LogP contribution in [-0.2, 0) is 0 Å². The molecule has 0 radical (unpaired) electrons. The highest BCUT2D eigenvalue weighted by atomic mass is 19.1. The molecule has 0 aliphatic heterocycles. The van der Waals surface area contributed by atoms with Crippen molar-refractivity contribution in [1.82, 2.24) is 4.98 Å². The zero-order valence-corrected chi connectivity index (χ0v) is 5.76. The SMILES string of the molecule is C=Cc1ncc(C)cc1F. The molecule has 0 saturated heterocycles. The Bertz CT molecular complexity index is 255. The maximum atomic E-state index is 12.7. The fourth-order valence-electron chi connectivity index (χ4n) is 0.694. The second-order valence-electron chi connectivity index (χ2n) is 2.08. The van der Waals surface area contributed by atoms with Gasteiger partial charge in [0.15, 0.2) is 0 Å². The molecule has 1 rings (SSSR count). The molecule has 52 valence electrons. The van der Waals surface area contributed by atoms with Gasteiger partial charge in [-0.3, -0.25) is 4.98 Å². The van der Waals surface area contributed by atoms with Crippen LogP contribution >= 0.6 is 0 Å². The van der Waals surface area contributed by atoms with E-state index in [-0.39, 0.29) is 5.82 Å². The molecule has 0 unspecified atom stereocenters. The largest absolute Gasteiger partial charge is 0.254 e. The Morgan fingerprint density at radius 1 is 1.70 bits per heavy atom. The van der Waals surface area contributed by atoms with Crippen molar-refractivity contribution in [2.45, 2.75) is 6.92 Å². The number of aryl methyl sites for hydroxylation is 1. The lowest BCUT2D eigenvalue weighted by Gasteiger charge is -1.95. The first-order valence-electron chi connectivity index (χ1n) is 2.98. The highest BCUT2D eigenvalue weighted by Gasteiger charge is 1.97. The third-order valence-corrected chi connectivity index (χ3v) is 1.20. The minimum Gasteiger partial charge on any atom is -0.254 e. The Balaban J connectivity index is 3.19. The summed E-state index contributed by atoms with van der Waals surface area (Å²) in [5, 5.41) is 0. The maximum absolute atomic E-state index is 12.7. The molecule has 0 fully saturated rings. The summed E-state index contributed by atoms with van der Waals surface area (Å²) < 4.78 is 12.7. The number of aromatic nitrogens is 1. The van der Waals surface area contributed by atoms with E-state index >= 15 is 0 Å². The predicted molar refractivity (Wildman–Crippen MR) is 39.0 cm³/mol. The summed E-state index contributed by atoms with van der Waals surface area (Å²) in [5.41, 5.74) is 1.13. The Hall–Kier alpha value is -1.18. The molecule has 0 saturated carbocycles. The molecule has 0 spiro atoms. The third-order valence-electron chi connectivity index (χ3n) is 1.20. The van der Waals surface area contributed by atoms with E-state index in [1.165, 1.54) is 12.1 Å². The van der Waals surface area contributed by atoms with E-state index in [1.807, 2.05) is 0 Å². The second-order valence-corrected chi connectivity index (χ2v) is 2.08. The van der Waals surface area contributed by atoms with Gasteiger partial charge in [-0.1, -0.05) is 6.58 Å². The van der Waals surface area contributed by atoms with E-state index in [0.717, 1.165) is 5.56 Å². The molecule has 10 heavy (non-hydrogen) atoms. The molecule has 0 aromatic carbocycles. The molecule has 0 aliphatic rings. The van der Waals surface area contributed by atoms with Gasteiger partial charge >= 0.3 is 0 Å². The molecule has 0 amide bonds. The molecule has 0 atom stereocenters. The van der Waals surface area contributed by atoms with Crippen LogP contribution in [0.1, 0.15) is 11.3 Å². The highest BCUT2D eigenvalue weighted by Crippen LogP contribution is 2.06. The van der Waals surface area contributed by atoms with Crippen molar-refractivity contribution in [3.63, 3.8) is 0 Å². The van der Waals surface area contributed by atoms with Crippen molar-refractivity contribution in [3.05, 3.63) is 35.9 Å². The average molecular weight is 137 g/mol. The second kappa shape index (κ2) is 2.60. The number of hydrogen-bond acceptors (Lipinski definition) is 1. The van der Waals surface area contributed by atoms with Crippen LogP contribution in [0.25, 0.3) is 6.08 Å². The van der Waals surface area contributed by atoms with Crippen molar-refractivity contribution in [2.75, 3.05) is 0 Å². The summed E-state index contributed by atoms with van der Waals surface area (Å²) in [5.74, 6) is -0.310. The molecule has 0 aliphatic carbocycles. The van der Waals surface area contributed by atoms with Gasteiger partial charge in [0.1, 0.15) is 5.82 Å². The van der Waals surface area contributed by atoms with E-state index in [0.29, 0.717) is 5.69 Å². The number of pyridine rings is 1. The third kappa shape index (κ3) is 1.21. The zero-order chi connectivity index (χ0) is 7.56. The number of halogens is 1. The van der Waals surface area contributed by atoms with Crippen LogP contribution in [0.2, 0.25) is 0 Å². The lowest BCUT2D eigenvalue weighted by atomic mass is 10.2. The van der Waals surface area contributed by atoms with Crippen LogP contribution in [0.4, 0.5) is 4.39 Å². The smallest absolute Gasteiger partial charge is 0.149 e. The van der Waals surface area contributed by atoms with E-state index < -0.39 is 0 Å². The Morgan fingerprint density at radius 2 is 2.40 bits per heavy atom. The summed E-state index contributed by atoms with van der Waals surface area (Å²) >= 11 is 0. The van der Waals surface area contributed by atoms with Gasteiger partial charge < -0.3 is 0 Å². The number of rotatable bonds is 1. The summed E-state index contributed by atoms with van der Waals surface area (Å²) in [7, 11) is 0. The van der Waals surface area contributed by atoms with E-state index in [4.69, 9.17) is 0 Å². The lowest BCUT2D eigenvalue weighted by Crippen LogP contribution is -1.87. The van der Waals surface area contributed by atoms with Crippen molar-refractivity contribution in [3.8, 4) is 0 Å². The average Bonchev–Trinajstić information content (AvgIpc) is 1.88. The quantitative estimate of drug-likeness (QED) is 0.578. The summed E-state index contributed by atoms with van der Waals surface area (Å²) in [6.07, 6.45) is 3.01. The summed E-state index contributed by atoms with van der Waals surface area (Å²) in [6.45, 7) is 5.21. The van der Waals surface area contributed by atoms with Crippen LogP contribution in [0.3, 0.4) is 0 Å². The van der Waals surface area contributed by atoms with Gasteiger partial charge in [-0.15, -0.1) is 0 Å². The fourth-order valence-corrected chi connectivity index (χ4v) is 0.694. The first kappa shape index (κ1) is 6.93. The Morgan fingerprint density at radius 3 is 2.90 bits per heavy atom. The van der Waals surface area contributed by atoms with Gasteiger partial charge in [0, 0.05) is 6.20 Å². The predicted octanol–water partition coefficient (Wildman–Crippen LogP) is 2.17. The molecule has 1 aromatic heterocycles. The molecular weight excluding hydrogens is 129 g/mol. The first-order valence-corrected chi connectivity index (χ1v) is 2.98. The molecule has 0 N–H and O–H groups in total. The van der Waals surface area contributed by atoms with E-state index in [2.05, 4.69) is 11.6 Å². The molecule has 2 heteroatoms. The first-order chi connectivity index (χ1) is 4.74. The molecule has 1 aromatic rings. The van der Waals surface area contributed by atoms with Gasteiger partial charge in [0.2, 0.25) is 0 Å². The topological polar surface area (TPSA) is 12.9 Å². The minimum absolute atomic E-state index is 0.310. The zero-order valence-electron chi connectivity index (χ0n) is 5.76. The fraction of sp³-hybridized carbons (Fsp3) is 0.125. The van der Waals surface area contributed by atoms with Gasteiger partial charge in [0.05, 0.1) is 5.69 Å². The van der Waals surface area contributed by atoms with Crippen molar-refractivity contribution in [1.29, 1.82) is 0 Å².